The van der Waals surface area contributed by atoms with Crippen molar-refractivity contribution < 1.29 is 108 Å². The summed E-state index contributed by atoms with van der Waals surface area (Å²) in [4.78, 5) is 14.0. The van der Waals surface area contributed by atoms with Crippen molar-refractivity contribution in [2.75, 3.05) is 43.1 Å². The smallest absolute Gasteiger partial charge is 0.744 e. The molecule has 62 heavy (non-hydrogen) atoms. The summed E-state index contributed by atoms with van der Waals surface area (Å²) in [5, 5.41) is 0. The maximum Gasteiger partial charge on any atom is 1.00 e. The third-order valence-electron chi connectivity index (χ3n) is 11.0. The monoisotopic (exact) mass is 962 g/mol. The number of hydrogen-bond donors (Lipinski definition) is 2. The van der Waals surface area contributed by atoms with E-state index < -0.39 is 68.1 Å². The number of benzene rings is 2. The molecule has 2 aromatic carbocycles. The van der Waals surface area contributed by atoms with Gasteiger partial charge in [0.05, 0.1) is 26.7 Å². The van der Waals surface area contributed by atoms with Crippen LogP contribution in [0.1, 0.15) is 85.3 Å². The van der Waals surface area contributed by atoms with Crippen LogP contribution in [0.15, 0.2) is 94.4 Å². The summed E-state index contributed by atoms with van der Waals surface area (Å²) in [6.07, 6.45) is 13.2. The minimum absolute atomic E-state index is 0. The van der Waals surface area contributed by atoms with Gasteiger partial charge in [-0.05, 0) is 68.7 Å². The first kappa shape index (κ1) is 54.2. The van der Waals surface area contributed by atoms with Crippen LogP contribution < -0.4 is 56.3 Å². The van der Waals surface area contributed by atoms with E-state index in [-0.39, 0.29) is 106 Å². The summed E-state index contributed by atoms with van der Waals surface area (Å²) >= 11 is 0. The molecule has 0 spiro atoms. The molecular weight excluding hydrogens is 906 g/mol. The van der Waals surface area contributed by atoms with Gasteiger partial charge in [-0.25, -0.2) is 21.1 Å². The second-order valence-electron chi connectivity index (χ2n) is 17.3. The maximum absolute atomic E-state index is 13.7. The van der Waals surface area contributed by atoms with Crippen molar-refractivity contribution in [3.8, 4) is 0 Å². The van der Waals surface area contributed by atoms with Gasteiger partial charge in [-0.3, -0.25) is 13.9 Å². The number of carbonyl (C=O) groups excluding carboxylic acids is 1. The van der Waals surface area contributed by atoms with Crippen LogP contribution in [0.3, 0.4) is 0 Å². The van der Waals surface area contributed by atoms with Crippen molar-refractivity contribution in [2.24, 2.45) is 5.41 Å². The molecule has 0 radical (unpaired) electrons. The van der Waals surface area contributed by atoms with Crippen LogP contribution in [-0.2, 0) is 56.0 Å². The number of ketones is 1. The van der Waals surface area contributed by atoms with Gasteiger partial charge in [0.2, 0.25) is 15.7 Å². The van der Waals surface area contributed by atoms with E-state index in [1.807, 2.05) is 64.0 Å². The number of hydrogen-bond acceptors (Lipinski definition) is 11. The Bertz CT molecular complexity index is 2640. The number of nitrogens with zero attached hydrogens (tertiary/aromatic N) is 3. The first-order valence-electron chi connectivity index (χ1n) is 19.7. The fourth-order valence-electron chi connectivity index (χ4n) is 7.54. The second-order valence-corrected chi connectivity index (χ2v) is 23.9. The van der Waals surface area contributed by atoms with E-state index in [1.54, 1.807) is 48.6 Å². The van der Waals surface area contributed by atoms with Gasteiger partial charge in [0.1, 0.15) is 22.4 Å². The van der Waals surface area contributed by atoms with Gasteiger partial charge in [-0.2, -0.15) is 21.4 Å². The number of sulfonamides is 1. The van der Waals surface area contributed by atoms with E-state index >= 15 is 0 Å². The zero-order valence-corrected chi connectivity index (χ0v) is 43.2. The Morgan fingerprint density at radius 1 is 0.790 bits per heavy atom. The molecule has 0 aromatic heterocycles. The summed E-state index contributed by atoms with van der Waals surface area (Å²) in [6, 6.07) is 8.87. The number of fused-ring (bicyclic) bond motifs is 2. The van der Waals surface area contributed by atoms with Crippen molar-refractivity contribution in [3.05, 3.63) is 95.8 Å². The third kappa shape index (κ3) is 13.4. The summed E-state index contributed by atoms with van der Waals surface area (Å²) in [5.74, 6) is -0.905. The average Bonchev–Trinajstić information content (AvgIpc) is 3.46. The van der Waals surface area contributed by atoms with E-state index in [4.69, 9.17) is 0 Å². The van der Waals surface area contributed by atoms with E-state index in [0.29, 0.717) is 34.6 Å². The van der Waals surface area contributed by atoms with Gasteiger partial charge >= 0.3 is 51.4 Å². The maximum atomic E-state index is 13.7. The van der Waals surface area contributed by atoms with Gasteiger partial charge in [-0.1, -0.05) is 65.0 Å². The zero-order chi connectivity index (χ0) is 46.0. The summed E-state index contributed by atoms with van der Waals surface area (Å²) in [7, 11) is -15.7. The molecule has 2 aliphatic rings. The van der Waals surface area contributed by atoms with E-state index in [2.05, 4.69) is 0 Å². The molecule has 20 heteroatoms. The molecule has 2 N–H and O–H groups in total. The van der Waals surface area contributed by atoms with E-state index in [9.17, 15) is 52.1 Å². The molecule has 0 saturated heterocycles. The number of Topliss-reactive ketones (excluding diaryl/α,β-unsaturated/α-hetero) is 1. The van der Waals surface area contributed by atoms with Crippen molar-refractivity contribution in [1.29, 1.82) is 0 Å². The largest absolute Gasteiger partial charge is 1.00 e. The van der Waals surface area contributed by atoms with Crippen LogP contribution in [0.4, 0.5) is 11.4 Å². The van der Waals surface area contributed by atoms with Crippen LogP contribution in [-0.4, -0.2) is 106 Å². The first-order chi connectivity index (χ1) is 27.9. The Balaban J connectivity index is 0.0000102. The number of anilines is 1. The molecule has 0 fully saturated rings. The van der Waals surface area contributed by atoms with Crippen LogP contribution in [0.5, 0.6) is 0 Å². The summed E-state index contributed by atoms with van der Waals surface area (Å²) in [5.41, 5.74) is 1.96. The topological polar surface area (TPSA) is 227 Å². The zero-order valence-electron chi connectivity index (χ0n) is 36.8. The molecule has 0 atom stereocenters. The minimum Gasteiger partial charge on any atom is -0.744 e. The van der Waals surface area contributed by atoms with Crippen LogP contribution in [0.25, 0.3) is 0 Å². The van der Waals surface area contributed by atoms with Crippen molar-refractivity contribution in [2.45, 2.75) is 94.8 Å². The van der Waals surface area contributed by atoms with Crippen LogP contribution in [0.2, 0.25) is 0 Å². The molecule has 0 saturated carbocycles. The SMILES string of the molecule is CN(CCCC(=O)C(C)(C)C)S(=O)(=O)c1ccc2c(c1)C(C)(C)\C(=C/C=C/C=C/C=C/C1=[N+](CCCS(=O)(=O)O)c3ccc(S(=O)(=O)[O-])cc3C1(C)C)N2CCCS(=O)(=O)O.[K+]. The number of allylic oxidation sites excluding steroid dienone is 8. The molecule has 0 amide bonds. The van der Waals surface area contributed by atoms with E-state index in [1.165, 1.54) is 35.6 Å². The quantitative estimate of drug-likeness (QED) is 0.0896. The number of carbonyl (C=O) groups is 1. The van der Waals surface area contributed by atoms with Gasteiger partial charge < -0.3 is 9.45 Å². The molecular formula is C42H57KN3O12S4+. The Morgan fingerprint density at radius 3 is 1.95 bits per heavy atom. The van der Waals surface area contributed by atoms with Gasteiger partial charge in [0.15, 0.2) is 5.71 Å². The number of rotatable bonds is 19. The third-order valence-corrected chi connectivity index (χ3v) is 15.3. The van der Waals surface area contributed by atoms with Gasteiger partial charge in [0.25, 0.3) is 20.2 Å². The average molecular weight is 963 g/mol. The predicted octanol–water partition coefficient (Wildman–Crippen LogP) is 2.89. The normalized spacial score (nSPS) is 17.5. The predicted molar refractivity (Wildman–Crippen MR) is 235 cm³/mol. The Kier molecular flexibility index (Phi) is 17.9. The Labute approximate surface area is 410 Å². The van der Waals surface area contributed by atoms with Crippen molar-refractivity contribution in [1.82, 2.24) is 4.31 Å². The Morgan fingerprint density at radius 2 is 1.35 bits per heavy atom. The summed E-state index contributed by atoms with van der Waals surface area (Å²) in [6.45, 7) is 13.6. The van der Waals surface area contributed by atoms with Crippen molar-refractivity contribution >= 4 is 63.2 Å². The molecule has 336 valence electrons. The molecule has 0 aliphatic carbocycles. The molecule has 4 rings (SSSR count). The molecule has 2 aromatic rings. The van der Waals surface area contributed by atoms with Gasteiger partial charge in [-0.15, -0.1) is 0 Å². The minimum atomic E-state index is -4.74. The fraction of sp³-hybridized carbons (Fsp3) is 0.476. The van der Waals surface area contributed by atoms with Crippen LogP contribution in [0, 0.1) is 5.41 Å². The first-order valence-corrected chi connectivity index (χ1v) is 25.8. The summed E-state index contributed by atoms with van der Waals surface area (Å²) < 4.78 is 131. The second kappa shape index (κ2) is 20.5. The molecule has 2 aliphatic heterocycles. The van der Waals surface area contributed by atoms with Crippen LogP contribution >= 0.6 is 0 Å². The van der Waals surface area contributed by atoms with E-state index in [0.717, 1.165) is 5.70 Å². The van der Waals surface area contributed by atoms with Crippen molar-refractivity contribution in [3.63, 3.8) is 0 Å². The fourth-order valence-corrected chi connectivity index (χ4v) is 10.3. The molecule has 0 bridgehead atoms. The molecule has 0 unspecified atom stereocenters. The standard InChI is InChI=1S/C42H57N3O12S4.K/c1-40(2,3)39(46)19-14-24-43(8)60(53,54)31-20-22-35-33(29-31)41(4,5)37(44(35)25-15-27-58(47,48)49)17-12-10-9-11-13-18-38-42(6,7)34-30-32(61(55,56)57)21-23-36(34)45(38)26-16-28-59(50,51)52;/h9-13,17-18,20-23,29-30H,14-16,19,24-28H2,1-8H3,(H2-,47,48,49,50,51,52,55,56,57);/q;+1. The molecule has 2 heterocycles. The molecule has 15 nitrogen and oxygen atoms in total. The Hall–Kier alpha value is -2.18. The van der Waals surface area contributed by atoms with Gasteiger partial charge in [0, 0.05) is 72.9 Å².